The predicted octanol–water partition coefficient (Wildman–Crippen LogP) is 5.24. The van der Waals surface area contributed by atoms with E-state index in [4.69, 9.17) is 0 Å². The molecule has 4 rings (SSSR count). The highest BCUT2D eigenvalue weighted by atomic mass is 16.6. The highest BCUT2D eigenvalue weighted by Gasteiger charge is 2.16. The molecule has 0 aliphatic rings. The molecular formula is C23H20N4O2. The van der Waals surface area contributed by atoms with Crippen LogP contribution >= 0.6 is 0 Å². The Kier molecular flexibility index (Phi) is 5.33. The lowest BCUT2D eigenvalue weighted by Crippen LogP contribution is -2.11. The molecule has 6 nitrogen and oxygen atoms in total. The second kappa shape index (κ2) is 8.39. The van der Waals surface area contributed by atoms with Gasteiger partial charge in [0.15, 0.2) is 0 Å². The van der Waals surface area contributed by atoms with Crippen LogP contribution in [0.4, 0.5) is 11.4 Å². The van der Waals surface area contributed by atoms with Crippen molar-refractivity contribution >= 4 is 11.4 Å². The Balaban J connectivity index is 1.70. The van der Waals surface area contributed by atoms with Gasteiger partial charge in [0.2, 0.25) is 0 Å². The molecule has 0 aliphatic heterocycles. The number of benzene rings is 3. The van der Waals surface area contributed by atoms with Crippen molar-refractivity contribution < 1.29 is 4.92 Å². The maximum Gasteiger partial charge on any atom is 0.277 e. The van der Waals surface area contributed by atoms with Crippen LogP contribution in [-0.2, 0) is 6.54 Å². The number of nitrogens with zero attached hydrogens (tertiary/aromatic N) is 3. The highest BCUT2D eigenvalue weighted by molar-refractivity contribution is 5.85. The zero-order valence-electron chi connectivity index (χ0n) is 15.7. The molecule has 1 N–H and O–H groups in total. The molecule has 0 saturated carbocycles. The molecule has 3 aromatic carbocycles. The van der Waals surface area contributed by atoms with E-state index >= 15 is 0 Å². The quantitative estimate of drug-likeness (QED) is 0.349. The van der Waals surface area contributed by atoms with Crippen LogP contribution in [0.1, 0.15) is 0 Å². The molecule has 0 radical (unpaired) electrons. The Morgan fingerprint density at radius 1 is 0.897 bits per heavy atom. The van der Waals surface area contributed by atoms with Gasteiger partial charge in [0.05, 0.1) is 17.0 Å². The number of nitro groups is 1. The summed E-state index contributed by atoms with van der Waals surface area (Å²) in [5.41, 5.74) is 4.55. The number of nitrogens with one attached hydrogen (secondary N) is 1. The summed E-state index contributed by atoms with van der Waals surface area (Å²) in [6.07, 6.45) is 3.69. The van der Waals surface area contributed by atoms with Gasteiger partial charge in [-0.25, -0.2) is 0 Å². The Morgan fingerprint density at radius 2 is 1.69 bits per heavy atom. The predicted molar refractivity (Wildman–Crippen MR) is 115 cm³/mol. The largest absolute Gasteiger partial charge is 0.383 e. The zero-order valence-corrected chi connectivity index (χ0v) is 15.7. The third-order valence-corrected chi connectivity index (χ3v) is 4.73. The first kappa shape index (κ1) is 18.4. The molecule has 0 bridgehead atoms. The monoisotopic (exact) mass is 384 g/mol. The number of aromatic nitrogens is 2. The van der Waals surface area contributed by atoms with Gasteiger partial charge in [-0.15, -0.1) is 0 Å². The van der Waals surface area contributed by atoms with Gasteiger partial charge in [0.1, 0.15) is 0 Å². The smallest absolute Gasteiger partial charge is 0.277 e. The minimum absolute atomic E-state index is 0.103. The van der Waals surface area contributed by atoms with Crippen LogP contribution < -0.4 is 5.32 Å². The maximum atomic E-state index is 11.5. The van der Waals surface area contributed by atoms with Crippen LogP contribution in [0.5, 0.6) is 0 Å². The summed E-state index contributed by atoms with van der Waals surface area (Å²) < 4.78 is 1.87. The van der Waals surface area contributed by atoms with Crippen molar-refractivity contribution in [3.8, 4) is 22.3 Å². The van der Waals surface area contributed by atoms with Gasteiger partial charge in [-0.3, -0.25) is 14.8 Å². The molecule has 0 saturated heterocycles. The molecule has 0 atom stereocenters. The van der Waals surface area contributed by atoms with E-state index in [1.54, 1.807) is 18.3 Å². The van der Waals surface area contributed by atoms with Gasteiger partial charge in [-0.05, 0) is 35.4 Å². The Bertz CT molecular complexity index is 1110. The summed E-state index contributed by atoms with van der Waals surface area (Å²) in [5.74, 6) is 0. The van der Waals surface area contributed by atoms with E-state index in [1.165, 1.54) is 6.07 Å². The van der Waals surface area contributed by atoms with E-state index in [2.05, 4.69) is 10.4 Å². The van der Waals surface area contributed by atoms with Crippen molar-refractivity contribution in [2.45, 2.75) is 6.54 Å². The van der Waals surface area contributed by atoms with E-state index in [0.29, 0.717) is 12.1 Å². The Morgan fingerprint density at radius 3 is 2.45 bits per heavy atom. The standard InChI is InChI=1S/C23H20N4O2/c28-27(29)23-10-5-4-9-20(23)19-11-12-22(24-14-16-26-15-6-13-25-26)21(17-19)18-7-2-1-3-8-18/h1-13,15,17,24H,14,16H2. The van der Waals surface area contributed by atoms with Gasteiger partial charge in [0, 0.05) is 36.3 Å². The van der Waals surface area contributed by atoms with Crippen LogP contribution in [0, 0.1) is 10.1 Å². The first-order chi connectivity index (χ1) is 14.2. The number of nitro benzene ring substituents is 1. The van der Waals surface area contributed by atoms with E-state index in [0.717, 1.165) is 28.9 Å². The summed E-state index contributed by atoms with van der Waals surface area (Å²) in [6.45, 7) is 1.46. The molecule has 0 unspecified atom stereocenters. The van der Waals surface area contributed by atoms with Crippen molar-refractivity contribution in [2.75, 3.05) is 11.9 Å². The molecule has 144 valence electrons. The topological polar surface area (TPSA) is 73.0 Å². The van der Waals surface area contributed by atoms with Crippen molar-refractivity contribution in [1.29, 1.82) is 0 Å². The molecule has 0 amide bonds. The van der Waals surface area contributed by atoms with Gasteiger partial charge < -0.3 is 5.32 Å². The zero-order chi connectivity index (χ0) is 20.1. The van der Waals surface area contributed by atoms with Gasteiger partial charge >= 0.3 is 0 Å². The molecule has 1 heterocycles. The van der Waals surface area contributed by atoms with Crippen LogP contribution in [0.25, 0.3) is 22.3 Å². The summed E-state index contributed by atoms with van der Waals surface area (Å²) >= 11 is 0. The molecule has 4 aromatic rings. The van der Waals surface area contributed by atoms with Gasteiger partial charge in [-0.2, -0.15) is 5.10 Å². The van der Waals surface area contributed by atoms with E-state index in [-0.39, 0.29) is 10.6 Å². The third-order valence-electron chi connectivity index (χ3n) is 4.73. The molecule has 0 aliphatic carbocycles. The average molecular weight is 384 g/mol. The minimum Gasteiger partial charge on any atom is -0.383 e. The minimum atomic E-state index is -0.340. The van der Waals surface area contributed by atoms with Gasteiger partial charge in [0.25, 0.3) is 5.69 Å². The fourth-order valence-corrected chi connectivity index (χ4v) is 3.34. The number of hydrogen-bond donors (Lipinski definition) is 1. The summed E-state index contributed by atoms with van der Waals surface area (Å²) in [5, 5.41) is 19.1. The summed E-state index contributed by atoms with van der Waals surface area (Å²) in [4.78, 5) is 11.1. The van der Waals surface area contributed by atoms with Crippen molar-refractivity contribution in [3.05, 3.63) is 101 Å². The molecule has 29 heavy (non-hydrogen) atoms. The fraction of sp³-hybridized carbons (Fsp3) is 0.0870. The van der Waals surface area contributed by atoms with Gasteiger partial charge in [-0.1, -0.05) is 48.5 Å². The van der Waals surface area contributed by atoms with E-state index < -0.39 is 0 Å². The lowest BCUT2D eigenvalue weighted by molar-refractivity contribution is -0.384. The fourth-order valence-electron chi connectivity index (χ4n) is 3.34. The van der Waals surface area contributed by atoms with Crippen molar-refractivity contribution in [1.82, 2.24) is 9.78 Å². The van der Waals surface area contributed by atoms with Crippen molar-refractivity contribution in [3.63, 3.8) is 0 Å². The lowest BCUT2D eigenvalue weighted by Gasteiger charge is -2.15. The number of para-hydroxylation sites is 1. The average Bonchev–Trinajstić information content (AvgIpc) is 3.28. The number of hydrogen-bond acceptors (Lipinski definition) is 4. The van der Waals surface area contributed by atoms with E-state index in [9.17, 15) is 10.1 Å². The first-order valence-electron chi connectivity index (χ1n) is 9.37. The van der Waals surface area contributed by atoms with Crippen LogP contribution in [0.15, 0.2) is 91.3 Å². The van der Waals surface area contributed by atoms with Crippen LogP contribution in [0.2, 0.25) is 0 Å². The molecular weight excluding hydrogens is 364 g/mol. The second-order valence-corrected chi connectivity index (χ2v) is 6.60. The lowest BCUT2D eigenvalue weighted by atomic mass is 9.96. The number of anilines is 1. The van der Waals surface area contributed by atoms with Crippen LogP contribution in [0.3, 0.4) is 0 Å². The second-order valence-electron chi connectivity index (χ2n) is 6.60. The molecule has 1 aromatic heterocycles. The summed E-state index contributed by atoms with van der Waals surface area (Å²) in [6, 6.07) is 24.7. The first-order valence-corrected chi connectivity index (χ1v) is 9.37. The normalized spacial score (nSPS) is 10.6. The Labute approximate surface area is 168 Å². The van der Waals surface area contributed by atoms with E-state index in [1.807, 2.05) is 71.5 Å². The molecule has 0 spiro atoms. The molecule has 0 fully saturated rings. The van der Waals surface area contributed by atoms with Crippen LogP contribution in [-0.4, -0.2) is 21.2 Å². The summed E-state index contributed by atoms with van der Waals surface area (Å²) in [7, 11) is 0. The molecule has 6 heteroatoms. The highest BCUT2D eigenvalue weighted by Crippen LogP contribution is 2.36. The Hall–Kier alpha value is -3.93. The maximum absolute atomic E-state index is 11.5. The number of rotatable bonds is 7. The van der Waals surface area contributed by atoms with Crippen molar-refractivity contribution in [2.24, 2.45) is 0 Å². The SMILES string of the molecule is O=[N+]([O-])c1ccccc1-c1ccc(NCCn2cccn2)c(-c2ccccc2)c1. The third kappa shape index (κ3) is 4.16.